The maximum Gasteiger partial charge on any atom is 0.324 e. The van der Waals surface area contributed by atoms with Crippen molar-refractivity contribution in [3.63, 3.8) is 0 Å². The molecule has 3 heterocycles. The summed E-state index contributed by atoms with van der Waals surface area (Å²) in [4.78, 5) is 42.9. The van der Waals surface area contributed by atoms with E-state index in [0.717, 1.165) is 34.0 Å². The number of benzene rings is 1. The highest BCUT2D eigenvalue weighted by Gasteiger charge is 2.29. The van der Waals surface area contributed by atoms with Gasteiger partial charge < -0.3 is 15.0 Å². The third-order valence-electron chi connectivity index (χ3n) is 6.20. The smallest absolute Gasteiger partial charge is 0.324 e. The summed E-state index contributed by atoms with van der Waals surface area (Å²) >= 11 is 0.952. The van der Waals surface area contributed by atoms with Crippen LogP contribution in [0.15, 0.2) is 47.8 Å². The van der Waals surface area contributed by atoms with Crippen molar-refractivity contribution in [1.82, 2.24) is 15.2 Å². The molecule has 0 unspecified atom stereocenters. The highest BCUT2D eigenvalue weighted by atomic mass is 32.1. The topological polar surface area (TPSA) is 115 Å². The van der Waals surface area contributed by atoms with Crippen LogP contribution in [0.4, 0.5) is 5.00 Å². The van der Waals surface area contributed by atoms with Gasteiger partial charge in [-0.15, -0.1) is 0 Å². The number of hydrogen-bond acceptors (Lipinski definition) is 7. The third kappa shape index (κ3) is 5.71. The average Bonchev–Trinajstić information content (AvgIpc) is 3.39. The predicted molar refractivity (Wildman–Crippen MR) is 137 cm³/mol. The number of carbonyl (C=O) groups is 2. The molecule has 0 radical (unpaired) electrons. The van der Waals surface area contributed by atoms with Gasteiger partial charge in [-0.2, -0.15) is 0 Å². The lowest BCUT2D eigenvalue weighted by molar-refractivity contribution is -0.380. The lowest BCUT2D eigenvalue weighted by atomic mass is 9.89. The molecule has 2 aromatic heterocycles. The first-order chi connectivity index (χ1) is 17.4. The summed E-state index contributed by atoms with van der Waals surface area (Å²) in [5, 5.41) is 15.4. The van der Waals surface area contributed by atoms with Crippen LogP contribution in [0.3, 0.4) is 0 Å². The Morgan fingerprint density at radius 3 is 2.67 bits per heavy atom. The van der Waals surface area contributed by atoms with E-state index in [-0.39, 0.29) is 22.7 Å². The van der Waals surface area contributed by atoms with E-state index in [1.54, 1.807) is 4.90 Å². The summed E-state index contributed by atoms with van der Waals surface area (Å²) in [5.41, 5.74) is 3.34. The molecule has 1 saturated heterocycles. The van der Waals surface area contributed by atoms with Crippen LogP contribution >= 0.6 is 11.3 Å². The van der Waals surface area contributed by atoms with Gasteiger partial charge in [0.1, 0.15) is 5.75 Å². The molecule has 4 rings (SSSR count). The van der Waals surface area contributed by atoms with Gasteiger partial charge in [0, 0.05) is 48.3 Å². The van der Waals surface area contributed by atoms with Gasteiger partial charge in [-0.05, 0) is 44.9 Å². The number of nitrogens with one attached hydrogen (secondary N) is 1. The van der Waals surface area contributed by atoms with Gasteiger partial charge >= 0.3 is 5.00 Å². The Labute approximate surface area is 213 Å². The number of amides is 2. The molecule has 3 aromatic rings. The van der Waals surface area contributed by atoms with E-state index in [2.05, 4.69) is 5.32 Å². The summed E-state index contributed by atoms with van der Waals surface area (Å²) < 4.78 is 5.66. The van der Waals surface area contributed by atoms with Gasteiger partial charge in [-0.1, -0.05) is 29.5 Å². The molecule has 10 heteroatoms. The molecule has 1 aliphatic heterocycles. The third-order valence-corrected chi connectivity index (χ3v) is 7.08. The fourth-order valence-electron chi connectivity index (χ4n) is 4.37. The van der Waals surface area contributed by atoms with Crippen molar-refractivity contribution >= 4 is 28.2 Å². The van der Waals surface area contributed by atoms with E-state index in [4.69, 9.17) is 9.72 Å². The van der Waals surface area contributed by atoms with Crippen molar-refractivity contribution in [1.29, 1.82) is 0 Å². The van der Waals surface area contributed by atoms with Crippen molar-refractivity contribution in [2.45, 2.75) is 39.2 Å². The first-order valence-electron chi connectivity index (χ1n) is 11.9. The van der Waals surface area contributed by atoms with Crippen LogP contribution in [-0.2, 0) is 6.54 Å². The zero-order chi connectivity index (χ0) is 25.7. The van der Waals surface area contributed by atoms with Gasteiger partial charge in [0.05, 0.1) is 28.4 Å². The van der Waals surface area contributed by atoms with Gasteiger partial charge in [0.2, 0.25) is 0 Å². The van der Waals surface area contributed by atoms with Crippen molar-refractivity contribution in [2.24, 2.45) is 0 Å². The normalized spacial score (nSPS) is 13.9. The minimum atomic E-state index is -0.487. The number of thiophene rings is 1. The molecule has 1 fully saturated rings. The van der Waals surface area contributed by atoms with Gasteiger partial charge in [-0.25, -0.2) is 0 Å². The highest BCUT2D eigenvalue weighted by Crippen LogP contribution is 2.31. The zero-order valence-corrected chi connectivity index (χ0v) is 21.0. The fraction of sp³-hybridized carbons (Fsp3) is 0.346. The van der Waals surface area contributed by atoms with Crippen LogP contribution in [-0.4, -0.2) is 46.3 Å². The number of nitro groups is 1. The minimum absolute atomic E-state index is 0.0298. The zero-order valence-electron chi connectivity index (χ0n) is 20.2. The molecule has 1 N–H and O–H groups in total. The standard InChI is InChI=1S/C26H28N4O5S/c1-3-35-22-7-5-4-6-19(22)15-27-25(31)21-9-8-17(2)28-24(21)18-10-12-29(13-11-18)26(32)20-14-23(30(33)34)36-16-20/h4-9,14,16,18H,3,10-13,15H2,1-2H3,(H,27,31). The summed E-state index contributed by atoms with van der Waals surface area (Å²) in [6, 6.07) is 12.6. The molecule has 188 valence electrons. The lowest BCUT2D eigenvalue weighted by Crippen LogP contribution is -2.38. The van der Waals surface area contributed by atoms with Crippen molar-refractivity contribution in [3.8, 4) is 5.75 Å². The van der Waals surface area contributed by atoms with Gasteiger partial charge in [0.25, 0.3) is 11.8 Å². The SMILES string of the molecule is CCOc1ccccc1CNC(=O)c1ccc(C)nc1C1CCN(C(=O)c2csc([N+](=O)[O-])c2)CC1. The Bertz CT molecular complexity index is 1270. The first kappa shape index (κ1) is 25.3. The largest absolute Gasteiger partial charge is 0.494 e. The molecule has 0 spiro atoms. The summed E-state index contributed by atoms with van der Waals surface area (Å²) in [6.07, 6.45) is 1.31. The van der Waals surface area contributed by atoms with Crippen molar-refractivity contribution in [3.05, 3.63) is 86.0 Å². The number of ether oxygens (including phenoxy) is 1. The lowest BCUT2D eigenvalue weighted by Gasteiger charge is -2.32. The van der Waals surface area contributed by atoms with Gasteiger partial charge in [-0.3, -0.25) is 24.7 Å². The Morgan fingerprint density at radius 2 is 1.97 bits per heavy atom. The minimum Gasteiger partial charge on any atom is -0.494 e. The van der Waals surface area contributed by atoms with E-state index < -0.39 is 4.92 Å². The Morgan fingerprint density at radius 1 is 1.22 bits per heavy atom. The molecule has 0 saturated carbocycles. The van der Waals surface area contributed by atoms with Gasteiger partial charge in [0.15, 0.2) is 0 Å². The summed E-state index contributed by atoms with van der Waals surface area (Å²) in [6.45, 7) is 5.68. The Balaban J connectivity index is 1.43. The molecule has 0 bridgehead atoms. The molecule has 0 aliphatic carbocycles. The van der Waals surface area contributed by atoms with Crippen LogP contribution < -0.4 is 10.1 Å². The molecule has 0 atom stereocenters. The number of rotatable bonds is 8. The molecule has 9 nitrogen and oxygen atoms in total. The quantitative estimate of drug-likeness (QED) is 0.348. The number of aromatic nitrogens is 1. The van der Waals surface area contributed by atoms with Crippen LogP contribution in [0.5, 0.6) is 5.75 Å². The van der Waals surface area contributed by atoms with E-state index in [0.29, 0.717) is 50.2 Å². The molecule has 36 heavy (non-hydrogen) atoms. The van der Waals surface area contributed by atoms with E-state index in [1.165, 1.54) is 11.4 Å². The van der Waals surface area contributed by atoms with E-state index in [1.807, 2.05) is 50.2 Å². The molecule has 2 amide bonds. The summed E-state index contributed by atoms with van der Waals surface area (Å²) in [7, 11) is 0. The number of likely N-dealkylation sites (tertiary alicyclic amines) is 1. The number of piperidine rings is 1. The molecule has 1 aliphatic rings. The average molecular weight is 509 g/mol. The summed E-state index contributed by atoms with van der Waals surface area (Å²) in [5.74, 6) is 0.367. The Kier molecular flexibility index (Phi) is 7.94. The second kappa shape index (κ2) is 11.3. The van der Waals surface area contributed by atoms with E-state index in [9.17, 15) is 19.7 Å². The second-order valence-electron chi connectivity index (χ2n) is 8.61. The number of hydrogen-bond donors (Lipinski definition) is 1. The number of para-hydroxylation sites is 1. The fourth-order valence-corrected chi connectivity index (χ4v) is 5.07. The molecular formula is C26H28N4O5S. The van der Waals surface area contributed by atoms with E-state index >= 15 is 0 Å². The van der Waals surface area contributed by atoms with Crippen LogP contribution in [0.2, 0.25) is 0 Å². The highest BCUT2D eigenvalue weighted by molar-refractivity contribution is 7.13. The Hall–Kier alpha value is -3.79. The van der Waals surface area contributed by atoms with Crippen LogP contribution in [0, 0.1) is 17.0 Å². The van der Waals surface area contributed by atoms with Crippen LogP contribution in [0.1, 0.15) is 63.4 Å². The maximum absolute atomic E-state index is 13.2. The number of nitrogens with zero attached hydrogens (tertiary/aromatic N) is 3. The molecular weight excluding hydrogens is 480 g/mol. The van der Waals surface area contributed by atoms with Crippen molar-refractivity contribution < 1.29 is 19.2 Å². The maximum atomic E-state index is 13.2. The number of carbonyl (C=O) groups excluding carboxylic acids is 2. The second-order valence-corrected chi connectivity index (χ2v) is 9.50. The first-order valence-corrected chi connectivity index (χ1v) is 12.7. The van der Waals surface area contributed by atoms with Crippen molar-refractivity contribution in [2.75, 3.05) is 19.7 Å². The van der Waals surface area contributed by atoms with Crippen LogP contribution in [0.25, 0.3) is 0 Å². The number of aryl methyl sites for hydroxylation is 1. The monoisotopic (exact) mass is 508 g/mol. The number of pyridine rings is 1. The predicted octanol–water partition coefficient (Wildman–Crippen LogP) is 4.71. The molecule has 1 aromatic carbocycles.